The van der Waals surface area contributed by atoms with Crippen molar-refractivity contribution in [3.63, 3.8) is 0 Å². The number of aliphatic hydroxyl groups is 1. The molecule has 3 aromatic rings. The number of unbranched alkanes of at least 4 members (excludes halogenated alkanes) is 2. The number of rotatable bonds is 19. The van der Waals surface area contributed by atoms with Crippen molar-refractivity contribution >= 4 is 21.6 Å². The zero-order valence-electron chi connectivity index (χ0n) is 28.2. The fourth-order valence-electron chi connectivity index (χ4n) is 5.98. The number of hydrogen-bond donors (Lipinski definition) is 1. The molecule has 0 saturated carbocycles. The number of benzene rings is 3. The first-order valence-electron chi connectivity index (χ1n) is 16.8. The fourth-order valence-corrected chi connectivity index (χ4v) is 11.0. The highest BCUT2D eigenvalue weighted by Gasteiger charge is 2.73. The van der Waals surface area contributed by atoms with E-state index in [0.29, 0.717) is 25.7 Å². The van der Waals surface area contributed by atoms with Crippen molar-refractivity contribution in [1.82, 2.24) is 0 Å². The molecule has 0 aromatic heterocycles. The van der Waals surface area contributed by atoms with Gasteiger partial charge in [0.05, 0.1) is 26.4 Å². The summed E-state index contributed by atoms with van der Waals surface area (Å²) in [5.74, 6) is -0.800. The number of hydrogen-bond acceptors (Lipinski definition) is 9. The van der Waals surface area contributed by atoms with Gasteiger partial charge in [-0.1, -0.05) is 118 Å². The van der Waals surface area contributed by atoms with E-state index >= 15 is 0 Å². The van der Waals surface area contributed by atoms with Gasteiger partial charge < -0.3 is 37.9 Å². The first-order valence-corrected chi connectivity index (χ1v) is 20.1. The van der Waals surface area contributed by atoms with Gasteiger partial charge in [-0.15, -0.1) is 0 Å². The number of esters is 1. The van der Waals surface area contributed by atoms with E-state index in [2.05, 4.69) is 0 Å². The summed E-state index contributed by atoms with van der Waals surface area (Å²) in [4.78, 5) is 13.0. The Morgan fingerprint density at radius 3 is 1.73 bits per heavy atom. The molecular weight excluding hydrogens is 650 g/mol. The lowest BCUT2D eigenvalue weighted by Crippen LogP contribution is -2.72. The average molecular weight is 701 g/mol. The molecule has 2 unspecified atom stereocenters. The molecule has 1 aliphatic heterocycles. The van der Waals surface area contributed by atoms with Crippen molar-refractivity contribution in [3.05, 3.63) is 108 Å². The van der Waals surface area contributed by atoms with Gasteiger partial charge in [0.25, 0.3) is 5.53 Å². The van der Waals surface area contributed by atoms with Crippen LogP contribution >= 0.6 is 15.6 Å². The van der Waals surface area contributed by atoms with E-state index in [1.54, 1.807) is 0 Å². The highest BCUT2D eigenvalue weighted by Crippen LogP contribution is 2.64. The minimum Gasteiger partial charge on any atom is -0.442 e. The van der Waals surface area contributed by atoms with E-state index in [0.717, 1.165) is 16.7 Å². The topological polar surface area (TPSA) is 118 Å². The Kier molecular flexibility index (Phi) is 15.1. The van der Waals surface area contributed by atoms with E-state index < -0.39 is 50.8 Å². The van der Waals surface area contributed by atoms with Crippen molar-refractivity contribution in [2.45, 2.75) is 95.5 Å². The molecule has 0 amide bonds. The lowest BCUT2D eigenvalue weighted by Gasteiger charge is -2.55. The second kappa shape index (κ2) is 19.0. The minimum absolute atomic E-state index is 0.0200. The molecular formula is C37H50O9P2. The third kappa shape index (κ3) is 9.54. The zero-order chi connectivity index (χ0) is 34.4. The maximum Gasteiger partial charge on any atom is 0.303 e. The van der Waals surface area contributed by atoms with Crippen LogP contribution in [0.25, 0.3) is 0 Å². The smallest absolute Gasteiger partial charge is 0.303 e. The third-order valence-corrected chi connectivity index (χ3v) is 13.1. The molecule has 1 fully saturated rings. The van der Waals surface area contributed by atoms with Gasteiger partial charge in [-0.25, -0.2) is 0 Å². The van der Waals surface area contributed by atoms with Gasteiger partial charge in [0.2, 0.25) is 5.34 Å². The summed E-state index contributed by atoms with van der Waals surface area (Å²) in [5.41, 5.74) is -0.0263. The van der Waals surface area contributed by atoms with Gasteiger partial charge >= 0.3 is 5.97 Å². The number of carbonyl (C=O) groups excluding carboxylic acids is 1. The van der Waals surface area contributed by atoms with E-state index in [1.807, 2.05) is 105 Å². The molecule has 0 bridgehead atoms. The molecule has 9 nitrogen and oxygen atoms in total. The highest BCUT2D eigenvalue weighted by atomic mass is 31.1. The molecule has 48 heavy (non-hydrogen) atoms. The van der Waals surface area contributed by atoms with Crippen LogP contribution in [0.4, 0.5) is 0 Å². The van der Waals surface area contributed by atoms with Gasteiger partial charge in [-0.05, 0) is 29.5 Å². The Bertz CT molecular complexity index is 1440. The Labute approximate surface area is 285 Å². The molecule has 1 N–H and O–H groups in total. The summed E-state index contributed by atoms with van der Waals surface area (Å²) in [6, 6.07) is 28.5. The first kappa shape index (κ1) is 38.2. The summed E-state index contributed by atoms with van der Waals surface area (Å²) in [6.45, 7) is 5.39. The lowest BCUT2D eigenvalue weighted by molar-refractivity contribution is -0.342. The second-order valence-electron chi connectivity index (χ2n) is 12.2. The fraction of sp³-hybridized carbons (Fsp3) is 0.486. The van der Waals surface area contributed by atoms with Gasteiger partial charge in [0, 0.05) is 19.2 Å². The predicted octanol–water partition coefficient (Wildman–Crippen LogP) is 7.40. The van der Waals surface area contributed by atoms with Crippen LogP contribution in [-0.4, -0.2) is 59.2 Å². The van der Waals surface area contributed by atoms with Crippen molar-refractivity contribution in [2.75, 3.05) is 18.9 Å². The van der Waals surface area contributed by atoms with Gasteiger partial charge in [0.15, 0.2) is 0 Å². The Balaban J connectivity index is 1.86. The first-order chi connectivity index (χ1) is 23.2. The van der Waals surface area contributed by atoms with Crippen molar-refractivity contribution in [3.8, 4) is 0 Å². The predicted molar refractivity (Wildman–Crippen MR) is 188 cm³/mol. The van der Waals surface area contributed by atoms with Crippen LogP contribution in [0, 0.1) is 0 Å². The molecule has 11 heteroatoms. The lowest BCUT2D eigenvalue weighted by atomic mass is 9.96. The SMILES string of the molecule is CCCC[PH](=O)[C@@]1(O)O[C@H](COCc2ccccc2)[C@@H](OCc2ccccc2)[C@H](OCc2ccccc2)[C@]1(OC(C)=O)[PH](=O)CCCC. The molecule has 1 heterocycles. The minimum atomic E-state index is -3.14. The maximum atomic E-state index is 14.7. The Morgan fingerprint density at radius 2 is 1.23 bits per heavy atom. The largest absolute Gasteiger partial charge is 0.442 e. The molecule has 0 aliphatic carbocycles. The standard InChI is InChI=1S/C37H50O9P2/c1-4-6-23-47(40)36(45-29(3)38)35(44-27-32-21-15-10-16-22-32)34(43-26-31-19-13-9-14-20-31)33(28-42-25-30-17-11-8-12-18-30)46-37(36,39)48(41)24-7-5-2/h8-22,33-35,39,47-48H,4-7,23-28H2,1-3H3/t33-,34-,35+,36+,37+/m1/s1. The summed E-state index contributed by atoms with van der Waals surface area (Å²) in [5, 5.41) is 10.4. The molecule has 1 saturated heterocycles. The Morgan fingerprint density at radius 1 is 0.750 bits per heavy atom. The molecule has 0 radical (unpaired) electrons. The molecule has 1 aliphatic rings. The van der Waals surface area contributed by atoms with Crippen molar-refractivity contribution < 1.29 is 42.7 Å². The highest BCUT2D eigenvalue weighted by molar-refractivity contribution is 7.51. The second-order valence-corrected chi connectivity index (χ2v) is 16.3. The third-order valence-electron chi connectivity index (χ3n) is 8.45. The zero-order valence-corrected chi connectivity index (χ0v) is 30.2. The molecule has 262 valence electrons. The van der Waals surface area contributed by atoms with Gasteiger partial charge in [-0.2, -0.15) is 0 Å². The maximum absolute atomic E-state index is 14.7. The van der Waals surface area contributed by atoms with E-state index in [4.69, 9.17) is 23.7 Å². The molecule has 7 atom stereocenters. The van der Waals surface area contributed by atoms with E-state index in [9.17, 15) is 19.0 Å². The van der Waals surface area contributed by atoms with Crippen LogP contribution in [0.1, 0.15) is 63.1 Å². The van der Waals surface area contributed by atoms with Crippen LogP contribution in [-0.2, 0) is 57.4 Å². The van der Waals surface area contributed by atoms with Crippen LogP contribution in [0.2, 0.25) is 0 Å². The van der Waals surface area contributed by atoms with Crippen LogP contribution in [0.3, 0.4) is 0 Å². The molecule has 0 spiro atoms. The quantitative estimate of drug-likeness (QED) is 0.101. The summed E-state index contributed by atoms with van der Waals surface area (Å²) >= 11 is 0. The normalized spacial score (nSPS) is 25.3. The van der Waals surface area contributed by atoms with E-state index in [1.165, 1.54) is 6.92 Å². The number of ether oxygens (including phenoxy) is 5. The van der Waals surface area contributed by atoms with Gasteiger partial charge in [-0.3, -0.25) is 4.79 Å². The van der Waals surface area contributed by atoms with Crippen LogP contribution in [0.15, 0.2) is 91.0 Å². The monoisotopic (exact) mass is 700 g/mol. The van der Waals surface area contributed by atoms with Crippen molar-refractivity contribution in [1.29, 1.82) is 0 Å². The van der Waals surface area contributed by atoms with Crippen LogP contribution < -0.4 is 0 Å². The summed E-state index contributed by atoms with van der Waals surface area (Å²) < 4.78 is 61.0. The molecule has 4 rings (SSSR count). The summed E-state index contributed by atoms with van der Waals surface area (Å²) in [7, 11) is -6.27. The van der Waals surface area contributed by atoms with Crippen molar-refractivity contribution in [2.24, 2.45) is 0 Å². The Hall–Kier alpha value is -2.61. The van der Waals surface area contributed by atoms with Gasteiger partial charge in [0.1, 0.15) is 33.9 Å². The number of carbonyl (C=O) groups is 1. The molecule has 3 aromatic carbocycles. The summed E-state index contributed by atoms with van der Waals surface area (Å²) in [6.07, 6.45) is -0.713. The van der Waals surface area contributed by atoms with E-state index in [-0.39, 0.29) is 38.8 Å². The average Bonchev–Trinajstić information content (AvgIpc) is 3.10. The van der Waals surface area contributed by atoms with Crippen LogP contribution in [0.5, 0.6) is 0 Å².